The molecular weight excluding hydrogens is 265 g/mol. The molecule has 2 aromatic rings. The number of rotatable bonds is 2. The fourth-order valence-corrected chi connectivity index (χ4v) is 2.19. The monoisotopic (exact) mass is 280 g/mol. The van der Waals surface area contributed by atoms with E-state index in [1.807, 2.05) is 19.9 Å². The van der Waals surface area contributed by atoms with Crippen LogP contribution in [0.3, 0.4) is 0 Å². The maximum absolute atomic E-state index is 13.0. The van der Waals surface area contributed by atoms with E-state index in [0.717, 1.165) is 23.4 Å². The second-order valence-electron chi connectivity index (χ2n) is 4.73. The Morgan fingerprint density at radius 2 is 1.80 bits per heavy atom. The maximum Gasteiger partial charge on any atom is 0.416 e. The minimum atomic E-state index is -4.44. The smallest absolute Gasteiger partial charge is 0.320 e. The van der Waals surface area contributed by atoms with Crippen molar-refractivity contribution in [2.24, 2.45) is 5.73 Å². The van der Waals surface area contributed by atoms with E-state index in [1.54, 1.807) is 12.1 Å². The van der Waals surface area contributed by atoms with Gasteiger partial charge in [0.15, 0.2) is 0 Å². The number of pyridine rings is 1. The standard InChI is InChI=1S/C15H15F3N2/c1-9-4-3-5-11(10(9)2)14(19)12-8-20-7-6-13(12)15(16,17)18/h3-8,14H,19H2,1-2H3. The third kappa shape index (κ3) is 2.67. The Bertz CT molecular complexity index is 621. The van der Waals surface area contributed by atoms with Crippen molar-refractivity contribution >= 4 is 0 Å². The van der Waals surface area contributed by atoms with E-state index in [0.29, 0.717) is 5.56 Å². The first-order valence-electron chi connectivity index (χ1n) is 6.15. The van der Waals surface area contributed by atoms with Crippen molar-refractivity contribution in [1.82, 2.24) is 4.98 Å². The molecule has 1 aromatic carbocycles. The highest BCUT2D eigenvalue weighted by Gasteiger charge is 2.35. The third-order valence-electron chi connectivity index (χ3n) is 3.47. The van der Waals surface area contributed by atoms with Crippen LogP contribution in [0.15, 0.2) is 36.7 Å². The highest BCUT2D eigenvalue weighted by Crippen LogP contribution is 2.36. The number of aryl methyl sites for hydroxylation is 1. The molecule has 2 rings (SSSR count). The normalized spacial score (nSPS) is 13.3. The summed E-state index contributed by atoms with van der Waals surface area (Å²) in [4.78, 5) is 3.78. The van der Waals surface area contributed by atoms with Gasteiger partial charge in [-0.15, -0.1) is 0 Å². The van der Waals surface area contributed by atoms with Gasteiger partial charge in [-0.05, 0) is 36.6 Å². The summed E-state index contributed by atoms with van der Waals surface area (Å²) in [5.74, 6) is 0. The average Bonchev–Trinajstić information content (AvgIpc) is 2.40. The molecule has 0 fully saturated rings. The SMILES string of the molecule is Cc1cccc(C(N)c2cnccc2C(F)(F)F)c1C. The number of hydrogen-bond acceptors (Lipinski definition) is 2. The number of hydrogen-bond donors (Lipinski definition) is 1. The van der Waals surface area contributed by atoms with Crippen LogP contribution in [0, 0.1) is 13.8 Å². The van der Waals surface area contributed by atoms with Gasteiger partial charge in [0.2, 0.25) is 0 Å². The summed E-state index contributed by atoms with van der Waals surface area (Å²) in [7, 11) is 0. The third-order valence-corrected chi connectivity index (χ3v) is 3.47. The zero-order valence-electron chi connectivity index (χ0n) is 11.2. The minimum absolute atomic E-state index is 0.00583. The Morgan fingerprint density at radius 3 is 2.45 bits per heavy atom. The molecule has 0 aliphatic rings. The van der Waals surface area contributed by atoms with Gasteiger partial charge in [-0.1, -0.05) is 18.2 Å². The highest BCUT2D eigenvalue weighted by molar-refractivity contribution is 5.42. The Balaban J connectivity index is 2.55. The molecule has 0 saturated heterocycles. The molecule has 0 aliphatic heterocycles. The fourth-order valence-electron chi connectivity index (χ4n) is 2.19. The summed E-state index contributed by atoms with van der Waals surface area (Å²) in [5, 5.41) is 0. The Kier molecular flexibility index (Phi) is 3.81. The Hall–Kier alpha value is -1.88. The first-order chi connectivity index (χ1) is 9.32. The van der Waals surface area contributed by atoms with Crippen LogP contribution in [-0.2, 0) is 6.18 Å². The van der Waals surface area contributed by atoms with Gasteiger partial charge < -0.3 is 5.73 Å². The largest absolute Gasteiger partial charge is 0.416 e. The molecule has 0 spiro atoms. The van der Waals surface area contributed by atoms with Crippen molar-refractivity contribution in [1.29, 1.82) is 0 Å². The van der Waals surface area contributed by atoms with Crippen molar-refractivity contribution in [2.45, 2.75) is 26.1 Å². The molecule has 0 amide bonds. The highest BCUT2D eigenvalue weighted by atomic mass is 19.4. The molecule has 0 saturated carbocycles. The van der Waals surface area contributed by atoms with Crippen molar-refractivity contribution < 1.29 is 13.2 Å². The summed E-state index contributed by atoms with van der Waals surface area (Å²) in [6.45, 7) is 3.76. The van der Waals surface area contributed by atoms with Crippen molar-refractivity contribution in [3.63, 3.8) is 0 Å². The van der Waals surface area contributed by atoms with Crippen LogP contribution in [0.4, 0.5) is 13.2 Å². The number of benzene rings is 1. The van der Waals surface area contributed by atoms with Crippen LogP contribution >= 0.6 is 0 Å². The van der Waals surface area contributed by atoms with Crippen LogP contribution in [0.5, 0.6) is 0 Å². The number of alkyl halides is 3. The number of halogens is 3. The summed E-state index contributed by atoms with van der Waals surface area (Å²) in [6, 6.07) is 5.56. The quantitative estimate of drug-likeness (QED) is 0.909. The summed E-state index contributed by atoms with van der Waals surface area (Å²) < 4.78 is 39.1. The molecule has 20 heavy (non-hydrogen) atoms. The van der Waals surface area contributed by atoms with E-state index < -0.39 is 17.8 Å². The van der Waals surface area contributed by atoms with E-state index in [-0.39, 0.29) is 5.56 Å². The fraction of sp³-hybridized carbons (Fsp3) is 0.267. The molecular formula is C15H15F3N2. The minimum Gasteiger partial charge on any atom is -0.320 e. The molecule has 0 aliphatic carbocycles. The van der Waals surface area contributed by atoms with Crippen LogP contribution in [0.2, 0.25) is 0 Å². The zero-order chi connectivity index (χ0) is 14.9. The number of aromatic nitrogens is 1. The average molecular weight is 280 g/mol. The summed E-state index contributed by atoms with van der Waals surface area (Å²) >= 11 is 0. The van der Waals surface area contributed by atoms with Crippen molar-refractivity contribution in [3.05, 3.63) is 64.5 Å². The van der Waals surface area contributed by atoms with E-state index >= 15 is 0 Å². The summed E-state index contributed by atoms with van der Waals surface area (Å²) in [5.41, 5.74) is 7.88. The van der Waals surface area contributed by atoms with Gasteiger partial charge in [0.25, 0.3) is 0 Å². The van der Waals surface area contributed by atoms with Gasteiger partial charge in [-0.3, -0.25) is 4.98 Å². The predicted molar refractivity (Wildman–Crippen MR) is 71.2 cm³/mol. The van der Waals surface area contributed by atoms with Crippen LogP contribution in [-0.4, -0.2) is 4.98 Å². The molecule has 2 N–H and O–H groups in total. The topological polar surface area (TPSA) is 38.9 Å². The molecule has 2 nitrogen and oxygen atoms in total. The Labute approximate surface area is 115 Å². The lowest BCUT2D eigenvalue weighted by atomic mass is 9.92. The van der Waals surface area contributed by atoms with Crippen LogP contribution < -0.4 is 5.73 Å². The lowest BCUT2D eigenvalue weighted by molar-refractivity contribution is -0.138. The van der Waals surface area contributed by atoms with Gasteiger partial charge in [0, 0.05) is 18.0 Å². The van der Waals surface area contributed by atoms with Gasteiger partial charge in [-0.25, -0.2) is 0 Å². The Morgan fingerprint density at radius 1 is 1.10 bits per heavy atom. The number of nitrogens with two attached hydrogens (primary N) is 1. The molecule has 106 valence electrons. The van der Waals surface area contributed by atoms with Crippen LogP contribution in [0.1, 0.15) is 33.9 Å². The molecule has 1 aromatic heterocycles. The molecule has 1 heterocycles. The predicted octanol–water partition coefficient (Wildman–Crippen LogP) is 3.77. The molecule has 1 atom stereocenters. The maximum atomic E-state index is 13.0. The summed E-state index contributed by atoms with van der Waals surface area (Å²) in [6.07, 6.45) is -2.12. The molecule has 5 heteroatoms. The lowest BCUT2D eigenvalue weighted by Gasteiger charge is -2.20. The van der Waals surface area contributed by atoms with E-state index in [9.17, 15) is 13.2 Å². The second kappa shape index (κ2) is 5.25. The van der Waals surface area contributed by atoms with Gasteiger partial charge in [0.1, 0.15) is 0 Å². The lowest BCUT2D eigenvalue weighted by Crippen LogP contribution is -2.19. The van der Waals surface area contributed by atoms with Crippen LogP contribution in [0.25, 0.3) is 0 Å². The number of nitrogens with zero attached hydrogens (tertiary/aromatic N) is 1. The van der Waals surface area contributed by atoms with E-state index in [2.05, 4.69) is 4.98 Å². The first kappa shape index (κ1) is 14.5. The van der Waals surface area contributed by atoms with E-state index in [1.165, 1.54) is 6.20 Å². The second-order valence-corrected chi connectivity index (χ2v) is 4.73. The zero-order valence-corrected chi connectivity index (χ0v) is 11.2. The molecule has 0 radical (unpaired) electrons. The van der Waals surface area contributed by atoms with Gasteiger partial charge >= 0.3 is 6.18 Å². The molecule has 1 unspecified atom stereocenters. The van der Waals surface area contributed by atoms with Crippen molar-refractivity contribution in [2.75, 3.05) is 0 Å². The van der Waals surface area contributed by atoms with E-state index in [4.69, 9.17) is 5.73 Å². The first-order valence-corrected chi connectivity index (χ1v) is 6.15. The van der Waals surface area contributed by atoms with Crippen molar-refractivity contribution in [3.8, 4) is 0 Å². The van der Waals surface area contributed by atoms with Gasteiger partial charge in [-0.2, -0.15) is 13.2 Å². The molecule has 0 bridgehead atoms. The van der Waals surface area contributed by atoms with Gasteiger partial charge in [0.05, 0.1) is 11.6 Å².